The molecule has 0 atom stereocenters. The summed E-state index contributed by atoms with van der Waals surface area (Å²) < 4.78 is 6.42. The van der Waals surface area contributed by atoms with E-state index in [1.165, 1.54) is 44.5 Å². The van der Waals surface area contributed by atoms with Gasteiger partial charge in [0, 0.05) is 43.4 Å². The molecule has 5 heteroatoms. The minimum Gasteiger partial charge on any atom is -0.486 e. The van der Waals surface area contributed by atoms with Crippen LogP contribution in [0.4, 0.5) is 0 Å². The van der Waals surface area contributed by atoms with Gasteiger partial charge in [0.25, 0.3) is 0 Å². The molecule has 0 saturated carbocycles. The number of fused-ring (bicyclic) bond motifs is 3. The second-order valence-electron chi connectivity index (χ2n) is 13.7. The van der Waals surface area contributed by atoms with E-state index in [1.807, 2.05) is 24.5 Å². The molecule has 0 fully saturated rings. The van der Waals surface area contributed by atoms with Crippen molar-refractivity contribution in [3.8, 4) is 33.8 Å². The molecule has 0 unspecified atom stereocenters. The molecule has 0 N–H and O–H groups in total. The number of rotatable bonds is 6. The maximum Gasteiger partial charge on any atom is 0.216 e. The SMILES string of the molecule is CCc1cc(-c2[c-]ccc3c2oc2nc(-c4c(C(C)C)cccc4C(C)C)ccc23)ncc1C.Cc1c[c-]c(-c2cc(C)c(C)cn2)cc1.[Ir]. The van der Waals surface area contributed by atoms with Crippen molar-refractivity contribution >= 4 is 22.1 Å². The Labute approximate surface area is 310 Å². The van der Waals surface area contributed by atoms with E-state index in [2.05, 4.69) is 140 Å². The molecule has 4 nitrogen and oxygen atoms in total. The Morgan fingerprint density at radius 2 is 1.40 bits per heavy atom. The van der Waals surface area contributed by atoms with Gasteiger partial charge >= 0.3 is 0 Å². The summed E-state index contributed by atoms with van der Waals surface area (Å²) in [4.78, 5) is 14.2. The Morgan fingerprint density at radius 3 is 2.04 bits per heavy atom. The number of nitrogens with zero attached hydrogens (tertiary/aromatic N) is 3. The summed E-state index contributed by atoms with van der Waals surface area (Å²) in [7, 11) is 0. The zero-order valence-corrected chi connectivity index (χ0v) is 32.9. The molecule has 3 aromatic carbocycles. The van der Waals surface area contributed by atoms with Gasteiger partial charge in [-0.2, -0.15) is 0 Å². The van der Waals surface area contributed by atoms with Crippen molar-refractivity contribution in [3.63, 3.8) is 0 Å². The van der Waals surface area contributed by atoms with Crippen molar-refractivity contribution in [2.24, 2.45) is 0 Å². The third kappa shape index (κ3) is 7.50. The van der Waals surface area contributed by atoms with Gasteiger partial charge in [-0.05, 0) is 84.8 Å². The molecule has 0 spiro atoms. The zero-order chi connectivity index (χ0) is 34.8. The molecular formula is C45H45IrN3O-2. The monoisotopic (exact) mass is 836 g/mol. The molecule has 7 aromatic rings. The first kappa shape index (κ1) is 36.8. The number of benzene rings is 3. The van der Waals surface area contributed by atoms with E-state index in [0.717, 1.165) is 51.0 Å². The fourth-order valence-corrected chi connectivity index (χ4v) is 6.32. The van der Waals surface area contributed by atoms with Crippen molar-refractivity contribution in [1.82, 2.24) is 15.0 Å². The van der Waals surface area contributed by atoms with Crippen molar-refractivity contribution < 1.29 is 24.5 Å². The number of furan rings is 1. The van der Waals surface area contributed by atoms with E-state index in [-0.39, 0.29) is 20.1 Å². The number of aromatic nitrogens is 3. The summed E-state index contributed by atoms with van der Waals surface area (Å²) in [6.07, 6.45) is 4.82. The van der Waals surface area contributed by atoms with Gasteiger partial charge in [-0.15, -0.1) is 53.6 Å². The fraction of sp³-hybridized carbons (Fsp3) is 0.267. The molecule has 1 radical (unpaired) electrons. The Balaban J connectivity index is 0.000000255. The summed E-state index contributed by atoms with van der Waals surface area (Å²) in [6, 6.07) is 31.9. The van der Waals surface area contributed by atoms with Gasteiger partial charge in [0.2, 0.25) is 5.71 Å². The van der Waals surface area contributed by atoms with E-state index in [0.29, 0.717) is 17.5 Å². The Hall–Kier alpha value is -4.44. The quantitative estimate of drug-likeness (QED) is 0.157. The normalized spacial score (nSPS) is 11.2. The van der Waals surface area contributed by atoms with Crippen molar-refractivity contribution in [3.05, 3.63) is 136 Å². The average Bonchev–Trinajstić information content (AvgIpc) is 3.48. The minimum atomic E-state index is 0. The molecule has 4 heterocycles. The van der Waals surface area contributed by atoms with Crippen LogP contribution in [0.15, 0.2) is 89.6 Å². The molecule has 0 amide bonds. The number of pyridine rings is 3. The van der Waals surface area contributed by atoms with Gasteiger partial charge in [-0.1, -0.05) is 94.0 Å². The zero-order valence-electron chi connectivity index (χ0n) is 30.5. The second kappa shape index (κ2) is 15.6. The number of hydrogen-bond donors (Lipinski definition) is 0. The molecule has 7 rings (SSSR count). The largest absolute Gasteiger partial charge is 0.486 e. The topological polar surface area (TPSA) is 51.8 Å². The van der Waals surface area contributed by atoms with Crippen LogP contribution in [0.1, 0.15) is 85.4 Å². The van der Waals surface area contributed by atoms with Crippen LogP contribution >= 0.6 is 0 Å². The molecule has 0 saturated heterocycles. The maximum atomic E-state index is 6.42. The third-order valence-corrected chi connectivity index (χ3v) is 9.40. The number of aryl methyl sites for hydroxylation is 5. The molecule has 0 aliphatic heterocycles. The van der Waals surface area contributed by atoms with Crippen LogP contribution in [-0.2, 0) is 26.5 Å². The summed E-state index contributed by atoms with van der Waals surface area (Å²) in [5.74, 6) is 0.812. The predicted octanol–water partition coefficient (Wildman–Crippen LogP) is 12.1. The molecule has 0 aliphatic rings. The van der Waals surface area contributed by atoms with Gasteiger partial charge in [0.1, 0.15) is 0 Å². The maximum absolute atomic E-state index is 6.42. The van der Waals surface area contributed by atoms with Crippen LogP contribution in [0.5, 0.6) is 0 Å². The van der Waals surface area contributed by atoms with Crippen LogP contribution in [-0.4, -0.2) is 15.0 Å². The number of hydrogen-bond acceptors (Lipinski definition) is 4. The van der Waals surface area contributed by atoms with Gasteiger partial charge in [-0.25, -0.2) is 4.98 Å². The van der Waals surface area contributed by atoms with Gasteiger partial charge < -0.3 is 14.4 Å². The summed E-state index contributed by atoms with van der Waals surface area (Å²) in [6.45, 7) is 19.5. The molecule has 50 heavy (non-hydrogen) atoms. The molecule has 257 valence electrons. The average molecular weight is 836 g/mol. The summed E-state index contributed by atoms with van der Waals surface area (Å²) in [5, 5.41) is 2.06. The van der Waals surface area contributed by atoms with Crippen molar-refractivity contribution in [1.29, 1.82) is 0 Å². The van der Waals surface area contributed by atoms with E-state index in [9.17, 15) is 0 Å². The standard InChI is InChI=1S/C31H31N2O.C14H14N.Ir/c1-7-21-16-28(32-17-20(21)6)26-13-9-12-24-25-14-15-27(33-31(25)34-30(24)26)29-22(18(2)3)10-8-11-23(29)19(4)5;1-10-4-6-13(7-5-10)14-8-11(2)12(3)9-15-14;/h8-12,14-19H,7H2,1-6H3;4-6,8-9H,1-3H3;/q2*-1;. The van der Waals surface area contributed by atoms with Gasteiger partial charge in [0.05, 0.1) is 11.3 Å². The van der Waals surface area contributed by atoms with Gasteiger partial charge in [-0.3, -0.25) is 0 Å². The smallest absolute Gasteiger partial charge is 0.216 e. The first-order chi connectivity index (χ1) is 23.5. The van der Waals surface area contributed by atoms with Crippen LogP contribution < -0.4 is 0 Å². The Kier molecular flexibility index (Phi) is 11.5. The van der Waals surface area contributed by atoms with E-state index in [4.69, 9.17) is 14.4 Å². The molecule has 4 aromatic heterocycles. The third-order valence-electron chi connectivity index (χ3n) is 9.40. The van der Waals surface area contributed by atoms with Gasteiger partial charge in [0.15, 0.2) is 0 Å². The van der Waals surface area contributed by atoms with Crippen LogP contribution in [0.3, 0.4) is 0 Å². The van der Waals surface area contributed by atoms with E-state index < -0.39 is 0 Å². The first-order valence-corrected chi connectivity index (χ1v) is 17.3. The van der Waals surface area contributed by atoms with E-state index in [1.54, 1.807) is 0 Å². The summed E-state index contributed by atoms with van der Waals surface area (Å²) >= 11 is 0. The van der Waals surface area contributed by atoms with Crippen LogP contribution in [0, 0.1) is 39.8 Å². The summed E-state index contributed by atoms with van der Waals surface area (Å²) in [5.41, 5.74) is 16.3. The first-order valence-electron chi connectivity index (χ1n) is 17.3. The minimum absolute atomic E-state index is 0. The van der Waals surface area contributed by atoms with Crippen molar-refractivity contribution in [2.45, 2.75) is 80.6 Å². The van der Waals surface area contributed by atoms with E-state index >= 15 is 0 Å². The van der Waals surface area contributed by atoms with Crippen LogP contribution in [0.2, 0.25) is 0 Å². The second-order valence-corrected chi connectivity index (χ2v) is 13.7. The Bertz CT molecular complexity index is 2240. The van der Waals surface area contributed by atoms with Crippen molar-refractivity contribution in [2.75, 3.05) is 0 Å². The Morgan fingerprint density at radius 1 is 0.700 bits per heavy atom. The molecular weight excluding hydrogens is 791 g/mol. The van der Waals surface area contributed by atoms with Crippen LogP contribution in [0.25, 0.3) is 55.8 Å². The molecule has 0 aliphatic carbocycles. The fourth-order valence-electron chi connectivity index (χ4n) is 6.32. The molecule has 0 bridgehead atoms. The predicted molar refractivity (Wildman–Crippen MR) is 204 cm³/mol.